The van der Waals surface area contributed by atoms with Crippen LogP contribution in [0.3, 0.4) is 0 Å². The van der Waals surface area contributed by atoms with E-state index in [1.54, 1.807) is 13.0 Å². The average molecular weight is 371 g/mol. The molecule has 0 aliphatic heterocycles. The molecule has 0 bridgehead atoms. The van der Waals surface area contributed by atoms with Crippen molar-refractivity contribution in [2.75, 3.05) is 12.3 Å². The van der Waals surface area contributed by atoms with Gasteiger partial charge in [-0.05, 0) is 6.07 Å². The highest BCUT2D eigenvalue weighted by molar-refractivity contribution is 7.99. The van der Waals surface area contributed by atoms with Gasteiger partial charge in [0.05, 0.1) is 18.0 Å². The third kappa shape index (κ3) is 4.79. The van der Waals surface area contributed by atoms with E-state index in [-0.39, 0.29) is 23.8 Å². The normalized spacial score (nSPS) is 10.7. The van der Waals surface area contributed by atoms with Gasteiger partial charge in [0, 0.05) is 25.1 Å². The Morgan fingerprint density at radius 1 is 1.19 bits per heavy atom. The number of rotatable bonds is 7. The smallest absolute Gasteiger partial charge is 0.277 e. The highest BCUT2D eigenvalue weighted by Crippen LogP contribution is 2.15. The number of nitrogens with one attached hydrogen (secondary N) is 1. The van der Waals surface area contributed by atoms with E-state index in [2.05, 4.69) is 20.6 Å². The fourth-order valence-electron chi connectivity index (χ4n) is 2.19. The SMILES string of the molecule is Cc1nnc(SCC(=O)NCCn2nc(-c3ccccc3)ccc2=O)o1. The summed E-state index contributed by atoms with van der Waals surface area (Å²) in [6.07, 6.45) is 0. The van der Waals surface area contributed by atoms with Gasteiger partial charge in [-0.1, -0.05) is 42.1 Å². The fourth-order valence-corrected chi connectivity index (χ4v) is 2.82. The summed E-state index contributed by atoms with van der Waals surface area (Å²) < 4.78 is 6.53. The average Bonchev–Trinajstić information content (AvgIpc) is 3.07. The summed E-state index contributed by atoms with van der Waals surface area (Å²) >= 11 is 1.16. The van der Waals surface area contributed by atoms with Crippen molar-refractivity contribution in [3.63, 3.8) is 0 Å². The van der Waals surface area contributed by atoms with Gasteiger partial charge < -0.3 is 9.73 Å². The Kier molecular flexibility index (Phi) is 5.80. The van der Waals surface area contributed by atoms with Crippen molar-refractivity contribution < 1.29 is 9.21 Å². The summed E-state index contributed by atoms with van der Waals surface area (Å²) in [5, 5.41) is 14.9. The van der Waals surface area contributed by atoms with Crippen LogP contribution >= 0.6 is 11.8 Å². The van der Waals surface area contributed by atoms with Crippen LogP contribution in [0.15, 0.2) is 56.9 Å². The van der Waals surface area contributed by atoms with Gasteiger partial charge in [-0.15, -0.1) is 10.2 Å². The second-order valence-corrected chi connectivity index (χ2v) is 6.30. The lowest BCUT2D eigenvalue weighted by Crippen LogP contribution is -2.32. The van der Waals surface area contributed by atoms with Crippen LogP contribution < -0.4 is 10.9 Å². The molecule has 8 nitrogen and oxygen atoms in total. The Labute approximate surface area is 153 Å². The summed E-state index contributed by atoms with van der Waals surface area (Å²) in [7, 11) is 0. The minimum atomic E-state index is -0.213. The second-order valence-electron chi connectivity index (χ2n) is 5.37. The number of carbonyl (C=O) groups is 1. The molecule has 0 aliphatic rings. The van der Waals surface area contributed by atoms with E-state index in [0.29, 0.717) is 23.4 Å². The Hall–Kier alpha value is -2.94. The number of hydrogen-bond acceptors (Lipinski definition) is 7. The van der Waals surface area contributed by atoms with E-state index >= 15 is 0 Å². The predicted octanol–water partition coefficient (Wildman–Crippen LogP) is 1.51. The van der Waals surface area contributed by atoms with Crippen LogP contribution in [-0.4, -0.2) is 38.2 Å². The largest absolute Gasteiger partial charge is 0.416 e. The zero-order chi connectivity index (χ0) is 18.4. The lowest BCUT2D eigenvalue weighted by molar-refractivity contribution is -0.118. The van der Waals surface area contributed by atoms with Crippen molar-refractivity contribution in [3.05, 3.63) is 58.7 Å². The Morgan fingerprint density at radius 3 is 2.73 bits per heavy atom. The van der Waals surface area contributed by atoms with E-state index in [9.17, 15) is 9.59 Å². The van der Waals surface area contributed by atoms with E-state index in [1.807, 2.05) is 30.3 Å². The molecule has 2 aromatic heterocycles. The van der Waals surface area contributed by atoms with Crippen LogP contribution in [0.2, 0.25) is 0 Å². The van der Waals surface area contributed by atoms with Gasteiger partial charge >= 0.3 is 0 Å². The molecule has 0 saturated heterocycles. The van der Waals surface area contributed by atoms with Crippen molar-refractivity contribution in [3.8, 4) is 11.3 Å². The quantitative estimate of drug-likeness (QED) is 0.628. The van der Waals surface area contributed by atoms with Crippen LogP contribution in [0.4, 0.5) is 0 Å². The standard InChI is InChI=1S/C17H17N5O3S/c1-12-19-20-17(25-12)26-11-15(23)18-9-10-22-16(24)8-7-14(21-22)13-5-3-2-4-6-13/h2-8H,9-11H2,1H3,(H,18,23). The predicted molar refractivity (Wildman–Crippen MR) is 96.7 cm³/mol. The summed E-state index contributed by atoms with van der Waals surface area (Å²) in [5.41, 5.74) is 1.42. The first-order chi connectivity index (χ1) is 12.6. The van der Waals surface area contributed by atoms with Crippen LogP contribution in [-0.2, 0) is 11.3 Å². The fraction of sp³-hybridized carbons (Fsp3) is 0.235. The van der Waals surface area contributed by atoms with E-state index in [4.69, 9.17) is 4.42 Å². The number of hydrogen-bond donors (Lipinski definition) is 1. The number of aromatic nitrogens is 4. The molecule has 0 aliphatic carbocycles. The molecule has 9 heteroatoms. The Balaban J connectivity index is 1.52. The number of amides is 1. The van der Waals surface area contributed by atoms with Crippen molar-refractivity contribution in [2.45, 2.75) is 18.7 Å². The minimum absolute atomic E-state index is 0.161. The zero-order valence-corrected chi connectivity index (χ0v) is 14.9. The van der Waals surface area contributed by atoms with Crippen LogP contribution in [0.25, 0.3) is 11.3 Å². The molecule has 0 radical (unpaired) electrons. The number of aryl methyl sites for hydroxylation is 1. The molecular formula is C17H17N5O3S. The van der Waals surface area contributed by atoms with Crippen molar-refractivity contribution >= 4 is 17.7 Å². The lowest BCUT2D eigenvalue weighted by Gasteiger charge is -2.08. The van der Waals surface area contributed by atoms with Crippen molar-refractivity contribution in [1.29, 1.82) is 0 Å². The molecule has 2 heterocycles. The third-order valence-corrected chi connectivity index (χ3v) is 4.23. The molecule has 1 N–H and O–H groups in total. The Bertz CT molecular complexity index is 939. The van der Waals surface area contributed by atoms with Crippen LogP contribution in [0.5, 0.6) is 0 Å². The molecule has 0 saturated carbocycles. The first-order valence-electron chi connectivity index (χ1n) is 7.95. The first-order valence-corrected chi connectivity index (χ1v) is 8.93. The van der Waals surface area contributed by atoms with Crippen LogP contribution in [0, 0.1) is 6.92 Å². The maximum atomic E-state index is 11.9. The molecule has 0 fully saturated rings. The molecule has 0 unspecified atom stereocenters. The molecule has 3 aromatic rings. The number of nitrogens with zero attached hydrogens (tertiary/aromatic N) is 4. The summed E-state index contributed by atoms with van der Waals surface area (Å²) in [5.74, 6) is 0.434. The van der Waals surface area contributed by atoms with Gasteiger partial charge in [-0.25, -0.2) is 4.68 Å². The highest BCUT2D eigenvalue weighted by atomic mass is 32.2. The molecule has 26 heavy (non-hydrogen) atoms. The van der Waals surface area contributed by atoms with E-state index in [1.165, 1.54) is 10.7 Å². The topological polar surface area (TPSA) is 103 Å². The Morgan fingerprint density at radius 2 is 2.00 bits per heavy atom. The van der Waals surface area contributed by atoms with Gasteiger partial charge in [0.25, 0.3) is 10.8 Å². The molecular weight excluding hydrogens is 354 g/mol. The highest BCUT2D eigenvalue weighted by Gasteiger charge is 2.08. The van der Waals surface area contributed by atoms with Gasteiger partial charge in [0.15, 0.2) is 0 Å². The van der Waals surface area contributed by atoms with Crippen LogP contribution in [0.1, 0.15) is 5.89 Å². The first kappa shape index (κ1) is 17.9. The van der Waals surface area contributed by atoms with Gasteiger partial charge in [-0.3, -0.25) is 9.59 Å². The van der Waals surface area contributed by atoms with E-state index < -0.39 is 0 Å². The van der Waals surface area contributed by atoms with Crippen molar-refractivity contribution in [1.82, 2.24) is 25.3 Å². The second kappa shape index (κ2) is 8.43. The maximum Gasteiger partial charge on any atom is 0.277 e. The summed E-state index contributed by atoms with van der Waals surface area (Å²) in [6, 6.07) is 12.8. The van der Waals surface area contributed by atoms with Gasteiger partial charge in [0.1, 0.15) is 0 Å². The molecule has 0 spiro atoms. The lowest BCUT2D eigenvalue weighted by atomic mass is 10.1. The molecule has 3 rings (SSSR count). The molecule has 1 amide bonds. The molecule has 0 atom stereocenters. The summed E-state index contributed by atoms with van der Waals surface area (Å²) in [4.78, 5) is 23.8. The van der Waals surface area contributed by atoms with Gasteiger partial charge in [0.2, 0.25) is 11.8 Å². The zero-order valence-electron chi connectivity index (χ0n) is 14.1. The molecule has 1 aromatic carbocycles. The van der Waals surface area contributed by atoms with Crippen molar-refractivity contribution in [2.24, 2.45) is 0 Å². The maximum absolute atomic E-state index is 11.9. The van der Waals surface area contributed by atoms with E-state index in [0.717, 1.165) is 17.3 Å². The monoisotopic (exact) mass is 371 g/mol. The third-order valence-electron chi connectivity index (χ3n) is 3.42. The number of thioether (sulfide) groups is 1. The number of benzene rings is 1. The van der Waals surface area contributed by atoms with Gasteiger partial charge in [-0.2, -0.15) is 5.10 Å². The minimum Gasteiger partial charge on any atom is -0.416 e. The summed E-state index contributed by atoms with van der Waals surface area (Å²) in [6.45, 7) is 2.27. The molecule has 134 valence electrons. The number of carbonyl (C=O) groups excluding carboxylic acids is 1.